The lowest BCUT2D eigenvalue weighted by Gasteiger charge is -2.08. The zero-order valence-corrected chi connectivity index (χ0v) is 10.7. The van der Waals surface area contributed by atoms with Crippen molar-refractivity contribution in [1.29, 1.82) is 0 Å². The van der Waals surface area contributed by atoms with Crippen LogP contribution < -0.4 is 4.74 Å². The number of hydrogen-bond acceptors (Lipinski definition) is 3. The summed E-state index contributed by atoms with van der Waals surface area (Å²) in [5.41, 5.74) is 1.34. The summed E-state index contributed by atoms with van der Waals surface area (Å²) in [7, 11) is 0. The predicted molar refractivity (Wildman–Crippen MR) is 71.7 cm³/mol. The SMILES string of the molecule is CCCc1ccc(Oc2cnccc2C(=O)O)cc1. The molecule has 2 aromatic rings. The lowest BCUT2D eigenvalue weighted by atomic mass is 10.1. The monoisotopic (exact) mass is 257 g/mol. The van der Waals surface area contributed by atoms with Crippen molar-refractivity contribution < 1.29 is 14.6 Å². The third-order valence-electron chi connectivity index (χ3n) is 2.70. The first-order valence-electron chi connectivity index (χ1n) is 6.15. The molecule has 0 fully saturated rings. The number of benzene rings is 1. The van der Waals surface area contributed by atoms with Crippen LogP contribution in [-0.4, -0.2) is 16.1 Å². The van der Waals surface area contributed by atoms with Gasteiger partial charge in [-0.25, -0.2) is 4.79 Å². The van der Waals surface area contributed by atoms with Gasteiger partial charge in [-0.2, -0.15) is 0 Å². The highest BCUT2D eigenvalue weighted by Crippen LogP contribution is 2.24. The molecular weight excluding hydrogens is 242 g/mol. The fourth-order valence-corrected chi connectivity index (χ4v) is 1.78. The van der Waals surface area contributed by atoms with Crippen LogP contribution in [0.3, 0.4) is 0 Å². The fourth-order valence-electron chi connectivity index (χ4n) is 1.78. The van der Waals surface area contributed by atoms with Gasteiger partial charge in [0, 0.05) is 6.20 Å². The Balaban J connectivity index is 2.19. The Kier molecular flexibility index (Phi) is 4.13. The molecule has 0 aliphatic carbocycles. The van der Waals surface area contributed by atoms with Crippen molar-refractivity contribution >= 4 is 5.97 Å². The smallest absolute Gasteiger partial charge is 0.339 e. The molecular formula is C15H15NO3. The largest absolute Gasteiger partial charge is 0.478 e. The van der Waals surface area contributed by atoms with Crippen molar-refractivity contribution in [2.45, 2.75) is 19.8 Å². The fraction of sp³-hybridized carbons (Fsp3) is 0.200. The van der Waals surface area contributed by atoms with E-state index in [0.717, 1.165) is 12.8 Å². The van der Waals surface area contributed by atoms with Crippen molar-refractivity contribution in [3.8, 4) is 11.5 Å². The first kappa shape index (κ1) is 13.1. The first-order valence-corrected chi connectivity index (χ1v) is 6.15. The molecule has 0 aliphatic heterocycles. The summed E-state index contributed by atoms with van der Waals surface area (Å²) in [5, 5.41) is 9.05. The molecule has 4 nitrogen and oxygen atoms in total. The van der Waals surface area contributed by atoms with Gasteiger partial charge < -0.3 is 9.84 Å². The molecule has 4 heteroatoms. The summed E-state index contributed by atoms with van der Waals surface area (Å²) in [6, 6.07) is 9.06. The van der Waals surface area contributed by atoms with E-state index in [-0.39, 0.29) is 11.3 Å². The summed E-state index contributed by atoms with van der Waals surface area (Å²) in [6.07, 6.45) is 4.95. The molecule has 0 saturated heterocycles. The van der Waals surface area contributed by atoms with Gasteiger partial charge in [0.05, 0.1) is 6.20 Å². The predicted octanol–water partition coefficient (Wildman–Crippen LogP) is 3.52. The van der Waals surface area contributed by atoms with Crippen LogP contribution in [0.5, 0.6) is 11.5 Å². The number of rotatable bonds is 5. The molecule has 0 amide bonds. The van der Waals surface area contributed by atoms with E-state index in [2.05, 4.69) is 11.9 Å². The molecule has 0 spiro atoms. The minimum Gasteiger partial charge on any atom is -0.478 e. The number of aryl methyl sites for hydroxylation is 1. The summed E-state index contributed by atoms with van der Waals surface area (Å²) >= 11 is 0. The number of carboxylic acids is 1. The van der Waals surface area contributed by atoms with Crippen molar-refractivity contribution in [1.82, 2.24) is 4.98 Å². The molecule has 0 atom stereocenters. The second kappa shape index (κ2) is 6.00. The number of pyridine rings is 1. The van der Waals surface area contributed by atoms with Crippen molar-refractivity contribution in [3.63, 3.8) is 0 Å². The standard InChI is InChI=1S/C15H15NO3/c1-2-3-11-4-6-12(7-5-11)19-14-10-16-9-8-13(14)15(17)18/h4-10H,2-3H2,1H3,(H,17,18). The van der Waals surface area contributed by atoms with Gasteiger partial charge in [0.1, 0.15) is 11.3 Å². The van der Waals surface area contributed by atoms with Crippen LogP contribution >= 0.6 is 0 Å². The normalized spacial score (nSPS) is 10.2. The Morgan fingerprint density at radius 1 is 1.26 bits per heavy atom. The quantitative estimate of drug-likeness (QED) is 0.890. The van der Waals surface area contributed by atoms with Crippen molar-refractivity contribution in [2.24, 2.45) is 0 Å². The number of aromatic carboxylic acids is 1. The van der Waals surface area contributed by atoms with Crippen LogP contribution in [0.25, 0.3) is 0 Å². The molecule has 0 radical (unpaired) electrons. The molecule has 0 bridgehead atoms. The molecule has 1 aromatic heterocycles. The molecule has 1 N–H and O–H groups in total. The second-order valence-corrected chi connectivity index (χ2v) is 4.17. The van der Waals surface area contributed by atoms with E-state index in [1.807, 2.05) is 24.3 Å². The Morgan fingerprint density at radius 3 is 2.63 bits per heavy atom. The van der Waals surface area contributed by atoms with Crippen molar-refractivity contribution in [3.05, 3.63) is 53.9 Å². The summed E-state index contributed by atoms with van der Waals surface area (Å²) in [6.45, 7) is 2.12. The third kappa shape index (κ3) is 3.31. The summed E-state index contributed by atoms with van der Waals surface area (Å²) < 4.78 is 5.56. The third-order valence-corrected chi connectivity index (χ3v) is 2.70. The lowest BCUT2D eigenvalue weighted by Crippen LogP contribution is -2.00. The van der Waals surface area contributed by atoms with E-state index < -0.39 is 5.97 Å². The Labute approximate surface area is 111 Å². The average molecular weight is 257 g/mol. The van der Waals surface area contributed by atoms with Gasteiger partial charge in [0.15, 0.2) is 5.75 Å². The highest BCUT2D eigenvalue weighted by molar-refractivity contribution is 5.90. The van der Waals surface area contributed by atoms with Gasteiger partial charge in [0.25, 0.3) is 0 Å². The maximum Gasteiger partial charge on any atom is 0.339 e. The highest BCUT2D eigenvalue weighted by atomic mass is 16.5. The van der Waals surface area contributed by atoms with Gasteiger partial charge in [-0.1, -0.05) is 25.5 Å². The van der Waals surface area contributed by atoms with E-state index in [9.17, 15) is 4.79 Å². The maximum absolute atomic E-state index is 11.0. The number of carbonyl (C=O) groups is 1. The molecule has 1 heterocycles. The van der Waals surface area contributed by atoms with Crippen molar-refractivity contribution in [2.75, 3.05) is 0 Å². The van der Waals surface area contributed by atoms with Crippen LogP contribution in [0.4, 0.5) is 0 Å². The van der Waals surface area contributed by atoms with Gasteiger partial charge in [0.2, 0.25) is 0 Å². The Hall–Kier alpha value is -2.36. The first-order chi connectivity index (χ1) is 9.20. The minimum atomic E-state index is -1.03. The van der Waals surface area contributed by atoms with E-state index in [0.29, 0.717) is 5.75 Å². The highest BCUT2D eigenvalue weighted by Gasteiger charge is 2.11. The number of hydrogen-bond donors (Lipinski definition) is 1. The molecule has 0 aliphatic rings. The lowest BCUT2D eigenvalue weighted by molar-refractivity contribution is 0.0694. The van der Waals surface area contributed by atoms with Crippen LogP contribution in [0.1, 0.15) is 29.3 Å². The summed E-state index contributed by atoms with van der Waals surface area (Å²) in [5.74, 6) is -0.173. The van der Waals surface area contributed by atoms with Crippen LogP contribution in [0.2, 0.25) is 0 Å². The zero-order valence-electron chi connectivity index (χ0n) is 10.7. The number of nitrogens with zero attached hydrogens (tertiary/aromatic N) is 1. The Morgan fingerprint density at radius 2 is 2.00 bits per heavy atom. The molecule has 1 aromatic carbocycles. The molecule has 0 unspecified atom stereocenters. The Bertz CT molecular complexity index is 564. The number of carboxylic acid groups (broad SMARTS) is 1. The van der Waals surface area contributed by atoms with Gasteiger partial charge in [-0.05, 0) is 30.2 Å². The number of aromatic nitrogens is 1. The average Bonchev–Trinajstić information content (AvgIpc) is 2.42. The summed E-state index contributed by atoms with van der Waals surface area (Å²) in [4.78, 5) is 14.9. The topological polar surface area (TPSA) is 59.4 Å². The van der Waals surface area contributed by atoms with E-state index in [1.54, 1.807) is 0 Å². The molecule has 2 rings (SSSR count). The van der Waals surface area contributed by atoms with Crippen LogP contribution in [-0.2, 0) is 6.42 Å². The second-order valence-electron chi connectivity index (χ2n) is 4.17. The zero-order chi connectivity index (χ0) is 13.7. The van der Waals surface area contributed by atoms with Crippen LogP contribution in [0.15, 0.2) is 42.7 Å². The maximum atomic E-state index is 11.0. The number of ether oxygens (including phenoxy) is 1. The van der Waals surface area contributed by atoms with Gasteiger partial charge in [-0.3, -0.25) is 4.98 Å². The van der Waals surface area contributed by atoms with E-state index in [1.165, 1.54) is 24.0 Å². The minimum absolute atomic E-state index is 0.104. The molecule has 0 saturated carbocycles. The van der Waals surface area contributed by atoms with E-state index >= 15 is 0 Å². The van der Waals surface area contributed by atoms with E-state index in [4.69, 9.17) is 9.84 Å². The van der Waals surface area contributed by atoms with Gasteiger partial charge in [-0.15, -0.1) is 0 Å². The van der Waals surface area contributed by atoms with Crippen LogP contribution in [0, 0.1) is 0 Å². The molecule has 19 heavy (non-hydrogen) atoms. The van der Waals surface area contributed by atoms with Gasteiger partial charge >= 0.3 is 5.97 Å². The molecule has 98 valence electrons.